The van der Waals surface area contributed by atoms with E-state index in [2.05, 4.69) is 19.9 Å². The van der Waals surface area contributed by atoms with Crippen molar-refractivity contribution in [1.29, 1.82) is 0 Å². The minimum Gasteiger partial charge on any atom is -0.410 e. The van der Waals surface area contributed by atoms with Crippen LogP contribution in [-0.4, -0.2) is 63.2 Å². The Balaban J connectivity index is 1.34. The summed E-state index contributed by atoms with van der Waals surface area (Å²) in [7, 11) is 3.98. The lowest BCUT2D eigenvalue weighted by Gasteiger charge is -2.10. The van der Waals surface area contributed by atoms with E-state index in [1.165, 1.54) is 30.6 Å². The Morgan fingerprint density at radius 2 is 2.00 bits per heavy atom. The van der Waals surface area contributed by atoms with Crippen molar-refractivity contribution in [3.05, 3.63) is 52.5 Å². The molecule has 0 radical (unpaired) electrons. The highest BCUT2D eigenvalue weighted by Crippen LogP contribution is 2.35. The molecule has 1 aromatic carbocycles. The van der Waals surface area contributed by atoms with Crippen molar-refractivity contribution in [2.24, 2.45) is 5.92 Å². The summed E-state index contributed by atoms with van der Waals surface area (Å²) in [5.74, 6) is 1.37. The van der Waals surface area contributed by atoms with Crippen LogP contribution in [0.25, 0.3) is 22.3 Å². The smallest absolute Gasteiger partial charge is 0.410 e. The monoisotopic (exact) mass is 581 g/mol. The molecule has 40 heavy (non-hydrogen) atoms. The summed E-state index contributed by atoms with van der Waals surface area (Å²) in [6, 6.07) is 8.84. The first kappa shape index (κ1) is 28.0. The number of rotatable bonds is 12. The highest BCUT2D eigenvalue weighted by molar-refractivity contribution is 7.03. The third kappa shape index (κ3) is 7.15. The van der Waals surface area contributed by atoms with Crippen LogP contribution in [-0.2, 0) is 6.54 Å². The average molecular weight is 582 g/mol. The Bertz CT molecular complexity index is 1470. The van der Waals surface area contributed by atoms with E-state index in [-0.39, 0.29) is 5.91 Å². The molecule has 4 aromatic rings. The summed E-state index contributed by atoms with van der Waals surface area (Å²) in [4.78, 5) is 31.8. The molecule has 0 saturated heterocycles. The van der Waals surface area contributed by atoms with Crippen molar-refractivity contribution in [3.63, 3.8) is 0 Å². The molecule has 2 N–H and O–H groups in total. The molecule has 1 aliphatic carbocycles. The van der Waals surface area contributed by atoms with E-state index in [9.17, 15) is 9.59 Å². The molecule has 10 nitrogen and oxygen atoms in total. The molecule has 3 heterocycles. The first-order valence-corrected chi connectivity index (χ1v) is 14.6. The number of aryl methyl sites for hydroxylation is 1. The number of nitrogens with zero attached hydrogens (tertiary/aromatic N) is 5. The van der Waals surface area contributed by atoms with Gasteiger partial charge >= 0.3 is 6.09 Å². The van der Waals surface area contributed by atoms with Crippen molar-refractivity contribution in [2.45, 2.75) is 38.6 Å². The Hall–Kier alpha value is -3.54. The molecule has 12 heteroatoms. The summed E-state index contributed by atoms with van der Waals surface area (Å²) in [5, 5.41) is 13.1. The van der Waals surface area contributed by atoms with Crippen LogP contribution in [0.4, 0.5) is 10.6 Å². The van der Waals surface area contributed by atoms with Crippen LogP contribution in [0.15, 0.2) is 41.9 Å². The lowest BCUT2D eigenvalue weighted by Crippen LogP contribution is -2.29. The maximum Gasteiger partial charge on any atom is 0.412 e. The van der Waals surface area contributed by atoms with Gasteiger partial charge in [0.05, 0.1) is 27.9 Å². The number of amides is 2. The molecule has 210 valence electrons. The van der Waals surface area contributed by atoms with Crippen molar-refractivity contribution < 1.29 is 14.3 Å². The number of benzene rings is 1. The summed E-state index contributed by atoms with van der Waals surface area (Å²) in [6.07, 6.45) is 6.59. The minimum atomic E-state index is -0.494. The van der Waals surface area contributed by atoms with Crippen molar-refractivity contribution in [1.82, 2.24) is 29.4 Å². The van der Waals surface area contributed by atoms with Gasteiger partial charge in [-0.25, -0.2) is 18.8 Å². The zero-order chi connectivity index (χ0) is 28.1. The molecular weight excluding hydrogens is 550 g/mol. The maximum atomic E-state index is 12.7. The quantitative estimate of drug-likeness (QED) is 0.207. The van der Waals surface area contributed by atoms with Crippen molar-refractivity contribution in [2.75, 3.05) is 32.5 Å². The molecule has 0 unspecified atom stereocenters. The molecule has 0 aliphatic heterocycles. The molecule has 0 bridgehead atoms. The molecule has 5 rings (SSSR count). The maximum absolute atomic E-state index is 12.7. The number of nitrogens with one attached hydrogen (secondary N) is 2. The second kappa shape index (κ2) is 12.8. The Morgan fingerprint density at radius 1 is 1.20 bits per heavy atom. The number of hydrogen-bond acceptors (Lipinski definition) is 8. The number of aromatic nitrogens is 4. The van der Waals surface area contributed by atoms with Gasteiger partial charge in [-0.3, -0.25) is 4.79 Å². The Kier molecular flexibility index (Phi) is 8.93. The topological polar surface area (TPSA) is 114 Å². The molecule has 0 spiro atoms. The molecule has 0 atom stereocenters. The van der Waals surface area contributed by atoms with Gasteiger partial charge in [-0.2, -0.15) is 5.10 Å². The van der Waals surface area contributed by atoms with Gasteiger partial charge in [-0.05, 0) is 87.7 Å². The van der Waals surface area contributed by atoms with Gasteiger partial charge in [-0.1, -0.05) is 24.4 Å². The van der Waals surface area contributed by atoms with Gasteiger partial charge in [0.1, 0.15) is 5.75 Å². The number of carbonyl (C=O) groups is 2. The van der Waals surface area contributed by atoms with E-state index in [0.29, 0.717) is 52.0 Å². The summed E-state index contributed by atoms with van der Waals surface area (Å²) in [5.41, 5.74) is 2.47. The minimum absolute atomic E-state index is 0.282. The second-order valence-corrected chi connectivity index (χ2v) is 11.3. The lowest BCUT2D eigenvalue weighted by atomic mass is 10.1. The number of fused-ring (bicyclic) bond motifs is 1. The van der Waals surface area contributed by atoms with Crippen LogP contribution in [0, 0.1) is 5.92 Å². The van der Waals surface area contributed by atoms with E-state index < -0.39 is 6.09 Å². The fourth-order valence-electron chi connectivity index (χ4n) is 4.37. The van der Waals surface area contributed by atoms with E-state index in [0.717, 1.165) is 37.3 Å². The fourth-order valence-corrected chi connectivity index (χ4v) is 5.14. The predicted octanol–water partition coefficient (Wildman–Crippen LogP) is 5.69. The van der Waals surface area contributed by atoms with Crippen LogP contribution in [0.1, 0.15) is 42.5 Å². The van der Waals surface area contributed by atoms with Crippen LogP contribution < -0.4 is 15.4 Å². The number of hydrogen-bond donors (Lipinski definition) is 2. The van der Waals surface area contributed by atoms with Crippen LogP contribution in [0.3, 0.4) is 0 Å². The van der Waals surface area contributed by atoms with Crippen molar-refractivity contribution >= 4 is 52.0 Å². The molecule has 1 aliphatic rings. The number of halogens is 1. The van der Waals surface area contributed by atoms with Crippen LogP contribution >= 0.6 is 23.1 Å². The van der Waals surface area contributed by atoms with E-state index in [4.69, 9.17) is 26.4 Å². The third-order valence-corrected chi connectivity index (χ3v) is 7.55. The van der Waals surface area contributed by atoms with E-state index in [1.54, 1.807) is 23.6 Å². The number of pyridine rings is 1. The molecular formula is C28H32ClN7O3S. The molecule has 3 aromatic heterocycles. The highest BCUT2D eigenvalue weighted by Gasteiger charge is 2.22. The zero-order valence-corrected chi connectivity index (χ0v) is 24.1. The number of carbonyl (C=O) groups excluding carboxylic acids is 2. The number of anilines is 1. The number of ether oxygens (including phenoxy) is 1. The predicted molar refractivity (Wildman–Crippen MR) is 157 cm³/mol. The molecule has 2 amide bonds. The Labute approximate surface area is 241 Å². The SMILES string of the molecule is CN(C)CCCNC(=O)Oc1ccc(-c2nc3c(cc2Cl)c(NC(=O)c2cnsc2)nn3CCCC2CC2)cc1. The molecule has 1 saturated carbocycles. The van der Waals surface area contributed by atoms with Crippen LogP contribution in [0.5, 0.6) is 5.75 Å². The van der Waals surface area contributed by atoms with Gasteiger partial charge in [0.15, 0.2) is 11.5 Å². The van der Waals surface area contributed by atoms with Gasteiger partial charge in [0.25, 0.3) is 5.91 Å². The van der Waals surface area contributed by atoms with Gasteiger partial charge in [-0.15, -0.1) is 0 Å². The second-order valence-electron chi connectivity index (χ2n) is 10.2. The lowest BCUT2D eigenvalue weighted by molar-refractivity contribution is 0.102. The van der Waals surface area contributed by atoms with Gasteiger partial charge < -0.3 is 20.3 Å². The largest absolute Gasteiger partial charge is 0.412 e. The van der Waals surface area contributed by atoms with E-state index in [1.807, 2.05) is 30.9 Å². The first-order chi connectivity index (χ1) is 19.4. The Morgan fingerprint density at radius 3 is 2.70 bits per heavy atom. The first-order valence-electron chi connectivity index (χ1n) is 13.4. The summed E-state index contributed by atoms with van der Waals surface area (Å²) >= 11 is 7.92. The van der Waals surface area contributed by atoms with Gasteiger partial charge in [0.2, 0.25) is 0 Å². The standard InChI is InChI=1S/C28H32ClN7O3S/c1-35(2)13-4-12-30-28(38)39-21-10-8-19(9-11-21)24-23(29)15-22-25(33-27(37)20-16-31-40-17-20)34-36(26(22)32-24)14-3-5-18-6-7-18/h8-11,15-18H,3-7,12-14H2,1-2H3,(H,30,38)(H,33,34,37). The molecule has 1 fully saturated rings. The highest BCUT2D eigenvalue weighted by atomic mass is 35.5. The van der Waals surface area contributed by atoms with Crippen molar-refractivity contribution in [3.8, 4) is 17.0 Å². The summed E-state index contributed by atoms with van der Waals surface area (Å²) < 4.78 is 11.2. The average Bonchev–Trinajstić information content (AvgIpc) is 3.46. The van der Waals surface area contributed by atoms with Crippen LogP contribution in [0.2, 0.25) is 5.02 Å². The third-order valence-electron chi connectivity index (χ3n) is 6.67. The zero-order valence-electron chi connectivity index (χ0n) is 22.5. The fraction of sp³-hybridized carbons (Fsp3) is 0.393. The van der Waals surface area contributed by atoms with Gasteiger partial charge in [0, 0.05) is 24.0 Å². The normalized spacial score (nSPS) is 13.1. The summed E-state index contributed by atoms with van der Waals surface area (Å²) in [6.45, 7) is 2.11. The van der Waals surface area contributed by atoms with E-state index >= 15 is 0 Å².